The number of nitrogen functional groups attached to an aromatic ring is 1. The SMILES string of the molecule is CCc1nn(C)cc1CNC(=O)c1ccc(C)c(N)c1. The Morgan fingerprint density at radius 1 is 1.45 bits per heavy atom. The molecule has 0 fully saturated rings. The Morgan fingerprint density at radius 2 is 2.20 bits per heavy atom. The van der Waals surface area contributed by atoms with E-state index in [0.29, 0.717) is 17.8 Å². The molecule has 1 amide bonds. The van der Waals surface area contributed by atoms with Gasteiger partial charge in [0.1, 0.15) is 0 Å². The largest absolute Gasteiger partial charge is 0.398 e. The van der Waals surface area contributed by atoms with Crippen LogP contribution in [0.2, 0.25) is 0 Å². The maximum absolute atomic E-state index is 12.1. The number of aromatic nitrogens is 2. The zero-order valence-electron chi connectivity index (χ0n) is 12.1. The Bertz CT molecular complexity index is 631. The van der Waals surface area contributed by atoms with E-state index in [4.69, 9.17) is 5.73 Å². The highest BCUT2D eigenvalue weighted by molar-refractivity contribution is 5.95. The quantitative estimate of drug-likeness (QED) is 0.834. The molecule has 0 saturated heterocycles. The van der Waals surface area contributed by atoms with Crippen LogP contribution in [0.4, 0.5) is 5.69 Å². The van der Waals surface area contributed by atoms with E-state index in [9.17, 15) is 4.79 Å². The molecule has 2 aromatic rings. The molecule has 5 heteroatoms. The fraction of sp³-hybridized carbons (Fsp3) is 0.333. The van der Waals surface area contributed by atoms with Crippen LogP contribution in [-0.4, -0.2) is 15.7 Å². The Kier molecular flexibility index (Phi) is 4.08. The molecule has 1 heterocycles. The van der Waals surface area contributed by atoms with Crippen molar-refractivity contribution >= 4 is 11.6 Å². The maximum atomic E-state index is 12.1. The molecule has 0 bridgehead atoms. The van der Waals surface area contributed by atoms with Crippen LogP contribution in [0.1, 0.15) is 34.1 Å². The molecular weight excluding hydrogens is 252 g/mol. The monoisotopic (exact) mass is 272 g/mol. The number of nitrogens with zero attached hydrogens (tertiary/aromatic N) is 2. The first-order valence-corrected chi connectivity index (χ1v) is 6.67. The van der Waals surface area contributed by atoms with E-state index in [2.05, 4.69) is 10.4 Å². The molecular formula is C15H20N4O. The van der Waals surface area contributed by atoms with Crippen molar-refractivity contribution in [3.05, 3.63) is 46.8 Å². The summed E-state index contributed by atoms with van der Waals surface area (Å²) in [6, 6.07) is 5.34. The van der Waals surface area contributed by atoms with E-state index in [1.807, 2.05) is 33.2 Å². The number of hydrogen-bond donors (Lipinski definition) is 2. The van der Waals surface area contributed by atoms with Crippen molar-refractivity contribution in [3.63, 3.8) is 0 Å². The van der Waals surface area contributed by atoms with Gasteiger partial charge in [-0.1, -0.05) is 13.0 Å². The van der Waals surface area contributed by atoms with Gasteiger partial charge in [0.05, 0.1) is 5.69 Å². The zero-order chi connectivity index (χ0) is 14.7. The van der Waals surface area contributed by atoms with Gasteiger partial charge in [0.25, 0.3) is 5.91 Å². The summed E-state index contributed by atoms with van der Waals surface area (Å²) < 4.78 is 1.77. The van der Waals surface area contributed by atoms with Gasteiger partial charge in [0.2, 0.25) is 0 Å². The lowest BCUT2D eigenvalue weighted by molar-refractivity contribution is 0.0951. The number of benzene rings is 1. The molecule has 0 spiro atoms. The molecule has 0 saturated carbocycles. The minimum atomic E-state index is -0.123. The van der Waals surface area contributed by atoms with Crippen LogP contribution in [0, 0.1) is 6.92 Å². The van der Waals surface area contributed by atoms with Gasteiger partial charge in [-0.2, -0.15) is 5.10 Å². The van der Waals surface area contributed by atoms with Crippen LogP contribution < -0.4 is 11.1 Å². The van der Waals surface area contributed by atoms with Crippen molar-refractivity contribution in [2.24, 2.45) is 7.05 Å². The first-order chi connectivity index (χ1) is 9.51. The van der Waals surface area contributed by atoms with Crippen molar-refractivity contribution in [1.29, 1.82) is 0 Å². The number of nitrogens with one attached hydrogen (secondary N) is 1. The fourth-order valence-electron chi connectivity index (χ4n) is 2.09. The summed E-state index contributed by atoms with van der Waals surface area (Å²) in [6.07, 6.45) is 2.78. The van der Waals surface area contributed by atoms with Crippen molar-refractivity contribution in [3.8, 4) is 0 Å². The second kappa shape index (κ2) is 5.77. The van der Waals surface area contributed by atoms with Gasteiger partial charge < -0.3 is 11.1 Å². The third-order valence-electron chi connectivity index (χ3n) is 3.31. The molecule has 106 valence electrons. The van der Waals surface area contributed by atoms with Crippen molar-refractivity contribution in [2.75, 3.05) is 5.73 Å². The predicted molar refractivity (Wildman–Crippen MR) is 79.3 cm³/mol. The Hall–Kier alpha value is -2.30. The highest BCUT2D eigenvalue weighted by Crippen LogP contribution is 2.13. The molecule has 0 atom stereocenters. The lowest BCUT2D eigenvalue weighted by Crippen LogP contribution is -2.23. The molecule has 2 rings (SSSR count). The number of carbonyl (C=O) groups is 1. The van der Waals surface area contributed by atoms with Gasteiger partial charge in [-0.3, -0.25) is 9.48 Å². The van der Waals surface area contributed by atoms with Gasteiger partial charge in [0, 0.05) is 36.6 Å². The van der Waals surface area contributed by atoms with Gasteiger partial charge >= 0.3 is 0 Å². The maximum Gasteiger partial charge on any atom is 0.251 e. The average Bonchev–Trinajstić information content (AvgIpc) is 2.79. The van der Waals surface area contributed by atoms with E-state index in [1.54, 1.807) is 16.8 Å². The van der Waals surface area contributed by atoms with E-state index in [1.165, 1.54) is 0 Å². The Morgan fingerprint density at radius 3 is 2.85 bits per heavy atom. The lowest BCUT2D eigenvalue weighted by atomic mass is 10.1. The van der Waals surface area contributed by atoms with Crippen LogP contribution in [-0.2, 0) is 20.0 Å². The van der Waals surface area contributed by atoms with Crippen LogP contribution in [0.5, 0.6) is 0 Å². The number of nitrogens with two attached hydrogens (primary N) is 1. The molecule has 5 nitrogen and oxygen atoms in total. The number of aryl methyl sites for hydroxylation is 3. The standard InChI is InChI=1S/C15H20N4O/c1-4-14-12(9-19(3)18-14)8-17-15(20)11-6-5-10(2)13(16)7-11/h5-7,9H,4,8,16H2,1-3H3,(H,17,20). The third kappa shape index (κ3) is 2.99. The topological polar surface area (TPSA) is 72.9 Å². The highest BCUT2D eigenvalue weighted by Gasteiger charge is 2.10. The smallest absolute Gasteiger partial charge is 0.251 e. The Balaban J connectivity index is 2.06. The second-order valence-electron chi connectivity index (χ2n) is 4.88. The van der Waals surface area contributed by atoms with Crippen LogP contribution in [0.15, 0.2) is 24.4 Å². The summed E-state index contributed by atoms with van der Waals surface area (Å²) in [4.78, 5) is 12.1. The third-order valence-corrected chi connectivity index (χ3v) is 3.31. The van der Waals surface area contributed by atoms with Gasteiger partial charge in [-0.05, 0) is 31.0 Å². The van der Waals surface area contributed by atoms with Gasteiger partial charge in [-0.15, -0.1) is 0 Å². The fourth-order valence-corrected chi connectivity index (χ4v) is 2.09. The predicted octanol–water partition coefficient (Wildman–Crippen LogP) is 1.80. The summed E-state index contributed by atoms with van der Waals surface area (Å²) in [7, 11) is 1.88. The molecule has 1 aromatic carbocycles. The molecule has 1 aromatic heterocycles. The summed E-state index contributed by atoms with van der Waals surface area (Å²) in [6.45, 7) is 4.44. The van der Waals surface area contributed by atoms with Crippen molar-refractivity contribution < 1.29 is 4.79 Å². The molecule has 3 N–H and O–H groups in total. The van der Waals surface area contributed by atoms with Crippen LogP contribution >= 0.6 is 0 Å². The van der Waals surface area contributed by atoms with E-state index >= 15 is 0 Å². The van der Waals surface area contributed by atoms with Crippen molar-refractivity contribution in [2.45, 2.75) is 26.8 Å². The van der Waals surface area contributed by atoms with Gasteiger partial charge in [-0.25, -0.2) is 0 Å². The molecule has 0 aliphatic rings. The first-order valence-electron chi connectivity index (χ1n) is 6.67. The average molecular weight is 272 g/mol. The first kappa shape index (κ1) is 14.1. The normalized spacial score (nSPS) is 10.6. The minimum absolute atomic E-state index is 0.123. The summed E-state index contributed by atoms with van der Waals surface area (Å²) >= 11 is 0. The molecule has 0 unspecified atom stereocenters. The van der Waals surface area contributed by atoms with Crippen LogP contribution in [0.3, 0.4) is 0 Å². The molecule has 0 radical (unpaired) electrons. The summed E-state index contributed by atoms with van der Waals surface area (Å²) in [5, 5.41) is 7.25. The number of carbonyl (C=O) groups excluding carboxylic acids is 1. The number of anilines is 1. The Labute approximate surface area is 118 Å². The van der Waals surface area contributed by atoms with Crippen LogP contribution in [0.25, 0.3) is 0 Å². The zero-order valence-corrected chi connectivity index (χ0v) is 12.1. The molecule has 20 heavy (non-hydrogen) atoms. The van der Waals surface area contributed by atoms with Gasteiger partial charge in [0.15, 0.2) is 0 Å². The highest BCUT2D eigenvalue weighted by atomic mass is 16.1. The lowest BCUT2D eigenvalue weighted by Gasteiger charge is -2.07. The van der Waals surface area contributed by atoms with E-state index in [-0.39, 0.29) is 5.91 Å². The number of hydrogen-bond acceptors (Lipinski definition) is 3. The number of rotatable bonds is 4. The minimum Gasteiger partial charge on any atom is -0.398 e. The van der Waals surface area contributed by atoms with E-state index < -0.39 is 0 Å². The van der Waals surface area contributed by atoms with Crippen molar-refractivity contribution in [1.82, 2.24) is 15.1 Å². The molecule has 0 aliphatic heterocycles. The summed E-state index contributed by atoms with van der Waals surface area (Å²) in [5.74, 6) is -0.123. The number of amides is 1. The molecule has 0 aliphatic carbocycles. The van der Waals surface area contributed by atoms with E-state index in [0.717, 1.165) is 23.2 Å². The second-order valence-corrected chi connectivity index (χ2v) is 4.88. The summed E-state index contributed by atoms with van der Waals surface area (Å²) in [5.41, 5.74) is 10.1.